The van der Waals surface area contributed by atoms with Crippen molar-refractivity contribution >= 4 is 11.7 Å². The van der Waals surface area contributed by atoms with Gasteiger partial charge in [-0.15, -0.1) is 0 Å². The van der Waals surface area contributed by atoms with E-state index in [2.05, 4.69) is 10.4 Å². The summed E-state index contributed by atoms with van der Waals surface area (Å²) in [5.41, 5.74) is 0.915. The predicted octanol–water partition coefficient (Wildman–Crippen LogP) is 5.07. The Balaban J connectivity index is 1.46. The molecule has 2 aromatic carbocycles. The second kappa shape index (κ2) is 7.61. The summed E-state index contributed by atoms with van der Waals surface area (Å²) >= 11 is 0. The Labute approximate surface area is 179 Å². The number of anilines is 1. The van der Waals surface area contributed by atoms with E-state index >= 15 is 0 Å². The number of rotatable bonds is 3. The molecule has 2 heterocycles. The Morgan fingerprint density at radius 2 is 1.69 bits per heavy atom. The summed E-state index contributed by atoms with van der Waals surface area (Å²) < 4.78 is 69.8. The number of fused-ring (bicyclic) bond motifs is 1. The third kappa shape index (κ3) is 3.59. The molecule has 32 heavy (non-hydrogen) atoms. The third-order valence-electron chi connectivity index (χ3n) is 5.91. The SMILES string of the molecule is O=C(Nc1cc(F)c(F)c(F)c1)N1Cc2c(-c3ccc(F)cc3F)cnn2CC1C1CC1. The van der Waals surface area contributed by atoms with Gasteiger partial charge in [0.2, 0.25) is 0 Å². The van der Waals surface area contributed by atoms with Gasteiger partial charge in [0.25, 0.3) is 0 Å². The summed E-state index contributed by atoms with van der Waals surface area (Å²) in [5, 5.41) is 6.75. The zero-order valence-corrected chi connectivity index (χ0v) is 16.6. The lowest BCUT2D eigenvalue weighted by Crippen LogP contribution is -2.49. The number of carbonyl (C=O) groups excluding carboxylic acids is 1. The van der Waals surface area contributed by atoms with Crippen molar-refractivity contribution in [2.24, 2.45) is 5.92 Å². The van der Waals surface area contributed by atoms with Crippen LogP contribution in [0.3, 0.4) is 0 Å². The van der Waals surface area contributed by atoms with Gasteiger partial charge in [-0.1, -0.05) is 0 Å². The molecule has 0 bridgehead atoms. The zero-order chi connectivity index (χ0) is 22.6. The van der Waals surface area contributed by atoms with Crippen molar-refractivity contribution in [3.63, 3.8) is 0 Å². The Morgan fingerprint density at radius 3 is 2.34 bits per heavy atom. The molecule has 2 amide bonds. The van der Waals surface area contributed by atoms with Crippen molar-refractivity contribution in [3.8, 4) is 11.1 Å². The molecule has 1 aliphatic heterocycles. The molecule has 1 atom stereocenters. The summed E-state index contributed by atoms with van der Waals surface area (Å²) in [6.45, 7) is 0.424. The van der Waals surface area contributed by atoms with E-state index in [1.165, 1.54) is 17.2 Å². The lowest BCUT2D eigenvalue weighted by atomic mass is 10.0. The lowest BCUT2D eigenvalue weighted by Gasteiger charge is -2.36. The fourth-order valence-corrected chi connectivity index (χ4v) is 4.15. The van der Waals surface area contributed by atoms with E-state index in [9.17, 15) is 26.7 Å². The number of hydrogen-bond donors (Lipinski definition) is 1. The number of carbonyl (C=O) groups is 1. The van der Waals surface area contributed by atoms with Gasteiger partial charge >= 0.3 is 6.03 Å². The van der Waals surface area contributed by atoms with Crippen LogP contribution in [0.1, 0.15) is 18.5 Å². The minimum absolute atomic E-state index is 0.0608. The average Bonchev–Trinajstić information content (AvgIpc) is 3.51. The fourth-order valence-electron chi connectivity index (χ4n) is 4.15. The normalized spacial score (nSPS) is 17.9. The second-order valence-electron chi connectivity index (χ2n) is 8.03. The maximum atomic E-state index is 14.4. The monoisotopic (exact) mass is 448 g/mol. The molecular weight excluding hydrogens is 431 g/mol. The standard InChI is InChI=1S/C22H17F5N4O/c23-12-3-4-14(16(24)5-12)15-8-28-31-10-19(11-1-2-11)30(9-20(15)31)22(32)29-13-6-17(25)21(27)18(26)7-13/h3-8,11,19H,1-2,9-10H2,(H,29,32). The molecule has 1 fully saturated rings. The number of benzene rings is 2. The summed E-state index contributed by atoms with van der Waals surface area (Å²) in [7, 11) is 0. The number of aromatic nitrogens is 2. The van der Waals surface area contributed by atoms with Crippen molar-refractivity contribution in [2.45, 2.75) is 32.0 Å². The number of amides is 2. The molecule has 1 aliphatic carbocycles. The Morgan fingerprint density at radius 1 is 0.969 bits per heavy atom. The van der Waals surface area contributed by atoms with Gasteiger partial charge in [0.05, 0.1) is 31.0 Å². The van der Waals surface area contributed by atoms with Gasteiger partial charge in [-0.2, -0.15) is 5.10 Å². The van der Waals surface area contributed by atoms with E-state index < -0.39 is 35.1 Å². The van der Waals surface area contributed by atoms with Crippen LogP contribution in [0.25, 0.3) is 11.1 Å². The van der Waals surface area contributed by atoms with Gasteiger partial charge in [0.1, 0.15) is 11.6 Å². The van der Waals surface area contributed by atoms with E-state index in [0.717, 1.165) is 25.0 Å². The van der Waals surface area contributed by atoms with Crippen LogP contribution in [0.4, 0.5) is 32.4 Å². The highest BCUT2D eigenvalue weighted by molar-refractivity contribution is 5.89. The predicted molar refractivity (Wildman–Crippen MR) is 105 cm³/mol. The van der Waals surface area contributed by atoms with Crippen LogP contribution < -0.4 is 5.32 Å². The molecule has 5 rings (SSSR count). The van der Waals surface area contributed by atoms with Crippen LogP contribution in [0.15, 0.2) is 36.5 Å². The Bertz CT molecular complexity index is 1200. The summed E-state index contributed by atoms with van der Waals surface area (Å²) in [5.74, 6) is -5.66. The average molecular weight is 448 g/mol. The first kappa shape index (κ1) is 20.5. The lowest BCUT2D eigenvalue weighted by molar-refractivity contribution is 0.141. The van der Waals surface area contributed by atoms with Crippen LogP contribution in [-0.2, 0) is 13.1 Å². The molecule has 0 spiro atoms. The minimum atomic E-state index is -1.62. The summed E-state index contributed by atoms with van der Waals surface area (Å²) in [6, 6.07) is 3.79. The molecule has 0 radical (unpaired) electrons. The Hall–Kier alpha value is -3.43. The maximum absolute atomic E-state index is 14.4. The third-order valence-corrected chi connectivity index (χ3v) is 5.91. The van der Waals surface area contributed by atoms with E-state index in [4.69, 9.17) is 0 Å². The van der Waals surface area contributed by atoms with E-state index in [1.54, 1.807) is 4.68 Å². The quantitative estimate of drug-likeness (QED) is 0.449. The van der Waals surface area contributed by atoms with Crippen LogP contribution >= 0.6 is 0 Å². The minimum Gasteiger partial charge on any atom is -0.313 e. The van der Waals surface area contributed by atoms with Crippen molar-refractivity contribution in [3.05, 3.63) is 71.3 Å². The van der Waals surface area contributed by atoms with Gasteiger partial charge in [0.15, 0.2) is 17.5 Å². The smallest absolute Gasteiger partial charge is 0.313 e. The number of nitrogens with one attached hydrogen (secondary N) is 1. The van der Waals surface area contributed by atoms with E-state index in [1.807, 2.05) is 0 Å². The van der Waals surface area contributed by atoms with E-state index in [0.29, 0.717) is 29.9 Å². The molecule has 166 valence electrons. The highest BCUT2D eigenvalue weighted by Crippen LogP contribution is 2.40. The van der Waals surface area contributed by atoms with Crippen LogP contribution in [0.5, 0.6) is 0 Å². The molecule has 1 aromatic heterocycles. The number of urea groups is 1. The molecular formula is C22H17F5N4O. The van der Waals surface area contributed by atoms with Crippen LogP contribution in [0.2, 0.25) is 0 Å². The molecule has 10 heteroatoms. The second-order valence-corrected chi connectivity index (χ2v) is 8.03. The van der Waals surface area contributed by atoms with Crippen molar-refractivity contribution in [2.75, 3.05) is 5.32 Å². The van der Waals surface area contributed by atoms with Crippen molar-refractivity contribution in [1.29, 1.82) is 0 Å². The van der Waals surface area contributed by atoms with Crippen LogP contribution in [0, 0.1) is 35.0 Å². The van der Waals surface area contributed by atoms with Crippen LogP contribution in [-0.4, -0.2) is 26.8 Å². The molecule has 1 N–H and O–H groups in total. The highest BCUT2D eigenvalue weighted by Gasteiger charge is 2.41. The fraction of sp³-hybridized carbons (Fsp3) is 0.273. The number of hydrogen-bond acceptors (Lipinski definition) is 2. The van der Waals surface area contributed by atoms with E-state index in [-0.39, 0.29) is 29.8 Å². The molecule has 5 nitrogen and oxygen atoms in total. The van der Waals surface area contributed by atoms with Gasteiger partial charge < -0.3 is 10.2 Å². The molecule has 1 unspecified atom stereocenters. The molecule has 1 saturated carbocycles. The van der Waals surface area contributed by atoms with Gasteiger partial charge in [0, 0.05) is 35.0 Å². The first-order valence-corrected chi connectivity index (χ1v) is 10.0. The topological polar surface area (TPSA) is 50.2 Å². The molecule has 3 aromatic rings. The van der Waals surface area contributed by atoms with Crippen molar-refractivity contribution in [1.82, 2.24) is 14.7 Å². The summed E-state index contributed by atoms with van der Waals surface area (Å²) in [4.78, 5) is 14.5. The first-order chi connectivity index (χ1) is 15.3. The number of halogens is 5. The largest absolute Gasteiger partial charge is 0.322 e. The van der Waals surface area contributed by atoms with Gasteiger partial charge in [-0.3, -0.25) is 4.68 Å². The maximum Gasteiger partial charge on any atom is 0.322 e. The zero-order valence-electron chi connectivity index (χ0n) is 16.6. The Kier molecular flexibility index (Phi) is 4.87. The number of nitrogens with zero attached hydrogens (tertiary/aromatic N) is 3. The summed E-state index contributed by atoms with van der Waals surface area (Å²) in [6.07, 6.45) is 3.32. The van der Waals surface area contributed by atoms with Gasteiger partial charge in [-0.25, -0.2) is 26.7 Å². The van der Waals surface area contributed by atoms with Crippen molar-refractivity contribution < 1.29 is 26.7 Å². The first-order valence-electron chi connectivity index (χ1n) is 10.0. The molecule has 2 aliphatic rings. The molecule has 0 saturated heterocycles. The van der Waals surface area contributed by atoms with Gasteiger partial charge in [-0.05, 0) is 30.9 Å². The highest BCUT2D eigenvalue weighted by atomic mass is 19.2.